The molecule has 0 saturated carbocycles. The van der Waals surface area contributed by atoms with Gasteiger partial charge < -0.3 is 9.47 Å². The Balaban J connectivity index is 1.77. The van der Waals surface area contributed by atoms with Crippen LogP contribution in [0.25, 0.3) is 22.0 Å². The predicted octanol–water partition coefficient (Wildman–Crippen LogP) is 5.81. The van der Waals surface area contributed by atoms with Crippen LogP contribution in [0.15, 0.2) is 59.4 Å². The van der Waals surface area contributed by atoms with E-state index >= 15 is 0 Å². The summed E-state index contributed by atoms with van der Waals surface area (Å²) in [6.07, 6.45) is 0.754. The molecule has 0 N–H and O–H groups in total. The van der Waals surface area contributed by atoms with E-state index in [-0.39, 0.29) is 23.2 Å². The maximum absolute atomic E-state index is 14.3. The molecule has 3 heterocycles. The molecule has 1 aliphatic rings. The van der Waals surface area contributed by atoms with Crippen molar-refractivity contribution in [2.75, 3.05) is 6.54 Å². The van der Waals surface area contributed by atoms with Crippen LogP contribution in [-0.4, -0.2) is 26.9 Å². The summed E-state index contributed by atoms with van der Waals surface area (Å²) in [5.74, 6) is -0.334. The second kappa shape index (κ2) is 9.34. The molecule has 0 spiro atoms. The average molecular weight is 484 g/mol. The first-order chi connectivity index (χ1) is 17.2. The third-order valence-electron chi connectivity index (χ3n) is 6.91. The number of benzene rings is 2. The van der Waals surface area contributed by atoms with Crippen molar-refractivity contribution in [2.45, 2.75) is 47.2 Å². The van der Waals surface area contributed by atoms with Crippen LogP contribution in [-0.2, 0) is 13.1 Å². The number of aromatic nitrogens is 2. The smallest absolute Gasteiger partial charge is 0.277 e. The van der Waals surface area contributed by atoms with Crippen LogP contribution in [0.3, 0.4) is 0 Å². The van der Waals surface area contributed by atoms with Gasteiger partial charge in [-0.1, -0.05) is 54.4 Å². The maximum Gasteiger partial charge on any atom is 0.277 e. The molecule has 0 radical (unpaired) electrons. The van der Waals surface area contributed by atoms with Crippen molar-refractivity contribution in [2.24, 2.45) is 5.92 Å². The minimum Gasteiger partial charge on any atom is -0.333 e. The standard InChI is InChI=1S/C30H30FN3O2/c1-18-11-12-34-28(30(36)33(16-18)17-22-14-19(2)13-20(3)15-22)26(23-6-8-24(31)9-7-23)25-10-5-21(4)32-27(25)29(34)35/h5-10,13-15,18H,11-12,16-17H2,1-4H3. The summed E-state index contributed by atoms with van der Waals surface area (Å²) in [6, 6.07) is 16.1. The van der Waals surface area contributed by atoms with Crippen molar-refractivity contribution >= 4 is 16.8 Å². The number of amides is 1. The van der Waals surface area contributed by atoms with Crippen molar-refractivity contribution in [1.82, 2.24) is 14.5 Å². The molecule has 1 atom stereocenters. The summed E-state index contributed by atoms with van der Waals surface area (Å²) in [5.41, 5.74) is 5.81. The van der Waals surface area contributed by atoms with Crippen molar-refractivity contribution in [3.63, 3.8) is 0 Å². The number of pyridine rings is 2. The SMILES string of the molecule is Cc1cc(C)cc(CN2CC(C)CCn3c(c(-c4ccc(F)cc4)c4ccc(C)nc4c3=O)C2=O)c1. The van der Waals surface area contributed by atoms with E-state index in [9.17, 15) is 14.0 Å². The summed E-state index contributed by atoms with van der Waals surface area (Å²) in [5, 5.41) is 0.608. The normalized spacial score (nSPS) is 16.1. The number of fused-ring (bicyclic) bond motifs is 2. The minimum absolute atomic E-state index is 0.195. The third kappa shape index (κ3) is 4.43. The highest BCUT2D eigenvalue weighted by Crippen LogP contribution is 2.33. The van der Waals surface area contributed by atoms with E-state index in [0.717, 1.165) is 28.8 Å². The largest absolute Gasteiger partial charge is 0.333 e. The molecule has 4 aromatic rings. The van der Waals surface area contributed by atoms with E-state index in [1.165, 1.54) is 12.1 Å². The lowest BCUT2D eigenvalue weighted by molar-refractivity contribution is 0.0687. The lowest BCUT2D eigenvalue weighted by Crippen LogP contribution is -2.41. The van der Waals surface area contributed by atoms with Gasteiger partial charge in [-0.2, -0.15) is 0 Å². The van der Waals surface area contributed by atoms with Crippen molar-refractivity contribution < 1.29 is 9.18 Å². The molecule has 1 unspecified atom stereocenters. The highest BCUT2D eigenvalue weighted by Gasteiger charge is 2.30. The van der Waals surface area contributed by atoms with E-state index in [1.807, 2.05) is 24.0 Å². The summed E-state index contributed by atoms with van der Waals surface area (Å²) in [4.78, 5) is 34.4. The van der Waals surface area contributed by atoms with Gasteiger partial charge in [-0.3, -0.25) is 9.59 Å². The van der Waals surface area contributed by atoms with Crippen LogP contribution in [0.4, 0.5) is 4.39 Å². The monoisotopic (exact) mass is 483 g/mol. The Labute approximate surface area is 210 Å². The first-order valence-corrected chi connectivity index (χ1v) is 12.4. The molecule has 2 aromatic heterocycles. The number of aryl methyl sites for hydroxylation is 3. The Hall–Kier alpha value is -3.80. The topological polar surface area (TPSA) is 55.2 Å². The molecule has 5 rings (SSSR count). The second-order valence-electron chi connectivity index (χ2n) is 10.1. The molecular weight excluding hydrogens is 453 g/mol. The van der Waals surface area contributed by atoms with Crippen molar-refractivity contribution in [3.8, 4) is 11.1 Å². The van der Waals surface area contributed by atoms with Crippen LogP contribution in [0.5, 0.6) is 0 Å². The fourth-order valence-corrected chi connectivity index (χ4v) is 5.32. The highest BCUT2D eigenvalue weighted by atomic mass is 19.1. The van der Waals surface area contributed by atoms with Gasteiger partial charge in [-0.05, 0) is 62.4 Å². The zero-order valence-corrected chi connectivity index (χ0v) is 21.1. The second-order valence-corrected chi connectivity index (χ2v) is 10.1. The molecule has 0 aliphatic carbocycles. The number of rotatable bonds is 3. The molecular formula is C30H30FN3O2. The Bertz CT molecular complexity index is 1520. The zero-order valence-electron chi connectivity index (χ0n) is 21.1. The molecule has 1 aliphatic heterocycles. The molecule has 0 fully saturated rings. The first kappa shape index (κ1) is 23.9. The fourth-order valence-electron chi connectivity index (χ4n) is 5.32. The van der Waals surface area contributed by atoms with Crippen LogP contribution in [0.2, 0.25) is 0 Å². The zero-order chi connectivity index (χ0) is 25.6. The average Bonchev–Trinajstić information content (AvgIpc) is 2.82. The van der Waals surface area contributed by atoms with Gasteiger partial charge in [0.15, 0.2) is 0 Å². The van der Waals surface area contributed by atoms with E-state index in [2.05, 4.69) is 44.0 Å². The van der Waals surface area contributed by atoms with Gasteiger partial charge in [0.2, 0.25) is 0 Å². The summed E-state index contributed by atoms with van der Waals surface area (Å²) < 4.78 is 15.4. The van der Waals surface area contributed by atoms with Gasteiger partial charge in [-0.25, -0.2) is 9.37 Å². The van der Waals surface area contributed by atoms with Gasteiger partial charge in [0.05, 0.1) is 0 Å². The van der Waals surface area contributed by atoms with Gasteiger partial charge in [0.25, 0.3) is 11.5 Å². The Morgan fingerprint density at radius 3 is 2.36 bits per heavy atom. The molecule has 5 nitrogen and oxygen atoms in total. The molecule has 6 heteroatoms. The maximum atomic E-state index is 14.3. The summed E-state index contributed by atoms with van der Waals surface area (Å²) in [6.45, 7) is 9.53. The number of nitrogens with zero attached hydrogens (tertiary/aromatic N) is 3. The van der Waals surface area contributed by atoms with E-state index in [1.54, 1.807) is 16.7 Å². The van der Waals surface area contributed by atoms with Gasteiger partial charge in [-0.15, -0.1) is 0 Å². The van der Waals surface area contributed by atoms with Crippen LogP contribution in [0, 0.1) is 32.5 Å². The number of halogens is 1. The summed E-state index contributed by atoms with van der Waals surface area (Å²) in [7, 11) is 0. The lowest BCUT2D eigenvalue weighted by atomic mass is 9.95. The number of hydrogen-bond acceptors (Lipinski definition) is 3. The number of carbonyl (C=O) groups excluding carboxylic acids is 1. The van der Waals surface area contributed by atoms with Gasteiger partial charge >= 0.3 is 0 Å². The quantitative estimate of drug-likeness (QED) is 0.370. The van der Waals surface area contributed by atoms with Crippen LogP contribution < -0.4 is 5.56 Å². The molecule has 0 saturated heterocycles. The molecule has 1 amide bonds. The number of hydrogen-bond donors (Lipinski definition) is 0. The van der Waals surface area contributed by atoms with Gasteiger partial charge in [0, 0.05) is 36.3 Å². The third-order valence-corrected chi connectivity index (χ3v) is 6.91. The Morgan fingerprint density at radius 2 is 1.67 bits per heavy atom. The molecule has 0 bridgehead atoms. The minimum atomic E-state index is -0.357. The molecule has 36 heavy (non-hydrogen) atoms. The van der Waals surface area contributed by atoms with E-state index in [4.69, 9.17) is 0 Å². The fraction of sp³-hybridized carbons (Fsp3) is 0.300. The van der Waals surface area contributed by atoms with Crippen molar-refractivity contribution in [1.29, 1.82) is 0 Å². The van der Waals surface area contributed by atoms with Crippen molar-refractivity contribution in [3.05, 3.63) is 98.8 Å². The van der Waals surface area contributed by atoms with Crippen LogP contribution in [0.1, 0.15) is 46.2 Å². The van der Waals surface area contributed by atoms with E-state index in [0.29, 0.717) is 47.4 Å². The Morgan fingerprint density at radius 1 is 0.972 bits per heavy atom. The Kier molecular flexibility index (Phi) is 6.20. The molecule has 184 valence electrons. The summed E-state index contributed by atoms with van der Waals surface area (Å²) >= 11 is 0. The number of carbonyl (C=O) groups is 1. The highest BCUT2D eigenvalue weighted by molar-refractivity contribution is 6.07. The van der Waals surface area contributed by atoms with Gasteiger partial charge in [0.1, 0.15) is 17.0 Å². The lowest BCUT2D eigenvalue weighted by Gasteiger charge is -2.32. The predicted molar refractivity (Wildman–Crippen MR) is 141 cm³/mol. The molecule has 2 aromatic carbocycles. The van der Waals surface area contributed by atoms with Crippen LogP contribution >= 0.6 is 0 Å². The first-order valence-electron chi connectivity index (χ1n) is 12.4. The van der Waals surface area contributed by atoms with E-state index < -0.39 is 0 Å².